The molecule has 0 saturated carbocycles. The van der Waals surface area contributed by atoms with Crippen molar-refractivity contribution in [2.24, 2.45) is 0 Å². The lowest BCUT2D eigenvalue weighted by Crippen LogP contribution is -2.33. The van der Waals surface area contributed by atoms with E-state index < -0.39 is 0 Å². The van der Waals surface area contributed by atoms with Gasteiger partial charge in [-0.1, -0.05) is 20.3 Å². The number of anilines is 1. The minimum atomic E-state index is 0.406. The second kappa shape index (κ2) is 6.48. The van der Waals surface area contributed by atoms with Gasteiger partial charge in [0.15, 0.2) is 11.5 Å². The molecule has 1 aliphatic heterocycles. The molecule has 2 unspecified atom stereocenters. The highest BCUT2D eigenvalue weighted by atomic mass is 16.5. The van der Waals surface area contributed by atoms with Crippen LogP contribution in [0.4, 0.5) is 5.69 Å². The molecule has 1 aliphatic rings. The van der Waals surface area contributed by atoms with Crippen LogP contribution in [-0.2, 0) is 11.2 Å². The number of ether oxygens (including phenoxy) is 1. The Kier molecular flexibility index (Phi) is 4.44. The van der Waals surface area contributed by atoms with Crippen molar-refractivity contribution in [2.45, 2.75) is 58.1 Å². The van der Waals surface area contributed by atoms with Crippen LogP contribution in [0.3, 0.4) is 0 Å². The quantitative estimate of drug-likeness (QED) is 0.898. The molecule has 3 rings (SSSR count). The minimum Gasteiger partial charge on any atom is -0.441 e. The highest BCUT2D eigenvalue weighted by Gasteiger charge is 2.21. The van der Waals surface area contributed by atoms with E-state index in [9.17, 15) is 0 Å². The molecule has 4 heteroatoms. The Morgan fingerprint density at radius 3 is 3.05 bits per heavy atom. The summed E-state index contributed by atoms with van der Waals surface area (Å²) in [6.07, 6.45) is 5.73. The Hall–Kier alpha value is -1.55. The number of fused-ring (bicyclic) bond motifs is 1. The number of nitrogens with zero attached hydrogens (tertiary/aromatic N) is 1. The molecule has 0 bridgehead atoms. The van der Waals surface area contributed by atoms with E-state index in [-0.39, 0.29) is 0 Å². The average Bonchev–Trinajstić information content (AvgIpc) is 2.90. The van der Waals surface area contributed by atoms with Gasteiger partial charge in [0.1, 0.15) is 5.52 Å². The number of nitrogens with one attached hydrogen (secondary N) is 1. The molecule has 1 aromatic carbocycles. The minimum absolute atomic E-state index is 0.406. The SMILES string of the molecule is CCCC1CC(Nc2ccc3oc(CC)nc3c2)CCO1. The monoisotopic (exact) mass is 288 g/mol. The van der Waals surface area contributed by atoms with Crippen molar-refractivity contribution in [3.8, 4) is 0 Å². The van der Waals surface area contributed by atoms with Crippen molar-refractivity contribution >= 4 is 16.8 Å². The van der Waals surface area contributed by atoms with Crippen molar-refractivity contribution < 1.29 is 9.15 Å². The van der Waals surface area contributed by atoms with Crippen molar-refractivity contribution in [1.82, 2.24) is 4.98 Å². The van der Waals surface area contributed by atoms with Crippen molar-refractivity contribution in [3.63, 3.8) is 0 Å². The van der Waals surface area contributed by atoms with E-state index in [0.29, 0.717) is 12.1 Å². The summed E-state index contributed by atoms with van der Waals surface area (Å²) in [7, 11) is 0. The van der Waals surface area contributed by atoms with Gasteiger partial charge in [-0.3, -0.25) is 0 Å². The molecule has 2 atom stereocenters. The number of hydrogen-bond acceptors (Lipinski definition) is 4. The standard InChI is InChI=1S/C17H24N2O2/c1-3-5-14-10-13(8-9-20-14)18-12-6-7-16-15(11-12)19-17(4-2)21-16/h6-7,11,13-14,18H,3-5,8-10H2,1-2H3. The maximum absolute atomic E-state index is 5.81. The predicted molar refractivity (Wildman–Crippen MR) is 84.7 cm³/mol. The summed E-state index contributed by atoms with van der Waals surface area (Å²) in [5.41, 5.74) is 2.93. The fourth-order valence-electron chi connectivity index (χ4n) is 2.99. The summed E-state index contributed by atoms with van der Waals surface area (Å²) in [5, 5.41) is 3.63. The van der Waals surface area contributed by atoms with E-state index in [0.717, 1.165) is 55.0 Å². The Bertz CT molecular complexity index is 591. The zero-order chi connectivity index (χ0) is 14.7. The first kappa shape index (κ1) is 14.4. The lowest BCUT2D eigenvalue weighted by molar-refractivity contribution is 0.00598. The van der Waals surface area contributed by atoms with Gasteiger partial charge in [-0.05, 0) is 37.5 Å². The highest BCUT2D eigenvalue weighted by molar-refractivity contribution is 5.77. The van der Waals surface area contributed by atoms with Crippen molar-refractivity contribution in [3.05, 3.63) is 24.1 Å². The van der Waals surface area contributed by atoms with Crippen LogP contribution in [0.2, 0.25) is 0 Å². The molecule has 0 radical (unpaired) electrons. The first-order valence-electron chi connectivity index (χ1n) is 8.06. The average molecular weight is 288 g/mol. The van der Waals surface area contributed by atoms with Gasteiger partial charge in [-0.25, -0.2) is 4.98 Å². The van der Waals surface area contributed by atoms with Crippen LogP contribution in [0.25, 0.3) is 11.1 Å². The second-order valence-corrected chi connectivity index (χ2v) is 5.79. The molecule has 1 N–H and O–H groups in total. The maximum Gasteiger partial charge on any atom is 0.195 e. The Labute approximate surface area is 125 Å². The van der Waals surface area contributed by atoms with Crippen molar-refractivity contribution in [1.29, 1.82) is 0 Å². The van der Waals surface area contributed by atoms with Crippen LogP contribution in [0, 0.1) is 0 Å². The molecular weight excluding hydrogens is 264 g/mol. The second-order valence-electron chi connectivity index (χ2n) is 5.79. The van der Waals surface area contributed by atoms with Gasteiger partial charge >= 0.3 is 0 Å². The van der Waals surface area contributed by atoms with Gasteiger partial charge in [-0.2, -0.15) is 0 Å². The number of aryl methyl sites for hydroxylation is 1. The molecule has 1 fully saturated rings. The number of hydrogen-bond donors (Lipinski definition) is 1. The van der Waals surface area contributed by atoms with Crippen LogP contribution in [0.15, 0.2) is 22.6 Å². The van der Waals surface area contributed by atoms with Gasteiger partial charge in [0.05, 0.1) is 6.10 Å². The molecule has 2 aromatic rings. The molecule has 2 heterocycles. The predicted octanol–water partition coefficient (Wildman–Crippen LogP) is 4.15. The molecule has 21 heavy (non-hydrogen) atoms. The summed E-state index contributed by atoms with van der Waals surface area (Å²) < 4.78 is 11.5. The lowest BCUT2D eigenvalue weighted by atomic mass is 10.00. The van der Waals surface area contributed by atoms with Crippen molar-refractivity contribution in [2.75, 3.05) is 11.9 Å². The van der Waals surface area contributed by atoms with Gasteiger partial charge in [0.25, 0.3) is 0 Å². The van der Waals surface area contributed by atoms with Crippen LogP contribution in [-0.4, -0.2) is 23.7 Å². The summed E-state index contributed by atoms with van der Waals surface area (Å²) in [5.74, 6) is 0.802. The van der Waals surface area contributed by atoms with E-state index >= 15 is 0 Å². The third-order valence-electron chi connectivity index (χ3n) is 4.08. The van der Waals surface area contributed by atoms with E-state index in [1.165, 1.54) is 6.42 Å². The number of aromatic nitrogens is 1. The van der Waals surface area contributed by atoms with E-state index in [4.69, 9.17) is 9.15 Å². The summed E-state index contributed by atoms with van der Waals surface area (Å²) in [4.78, 5) is 4.50. The molecule has 114 valence electrons. The Balaban J connectivity index is 1.69. The van der Waals surface area contributed by atoms with Gasteiger partial charge in [0, 0.05) is 24.8 Å². The first-order valence-corrected chi connectivity index (χ1v) is 8.06. The molecular formula is C17H24N2O2. The summed E-state index contributed by atoms with van der Waals surface area (Å²) in [6.45, 7) is 5.12. The van der Waals surface area contributed by atoms with Gasteiger partial charge < -0.3 is 14.5 Å². The summed E-state index contributed by atoms with van der Waals surface area (Å²) in [6, 6.07) is 6.66. The first-order chi connectivity index (χ1) is 10.3. The Morgan fingerprint density at radius 2 is 2.24 bits per heavy atom. The fourth-order valence-corrected chi connectivity index (χ4v) is 2.99. The number of oxazole rings is 1. The van der Waals surface area contributed by atoms with Crippen LogP contribution in [0.1, 0.15) is 45.4 Å². The molecule has 0 aliphatic carbocycles. The summed E-state index contributed by atoms with van der Waals surface area (Å²) >= 11 is 0. The third-order valence-corrected chi connectivity index (χ3v) is 4.08. The van der Waals surface area contributed by atoms with Crippen LogP contribution < -0.4 is 5.32 Å². The van der Waals surface area contributed by atoms with E-state index in [1.807, 2.05) is 6.07 Å². The Morgan fingerprint density at radius 1 is 1.33 bits per heavy atom. The number of rotatable bonds is 5. The third kappa shape index (κ3) is 3.38. The topological polar surface area (TPSA) is 47.3 Å². The molecule has 0 spiro atoms. The molecule has 1 saturated heterocycles. The fraction of sp³-hybridized carbons (Fsp3) is 0.588. The maximum atomic E-state index is 5.81. The van der Waals surface area contributed by atoms with Gasteiger partial charge in [-0.15, -0.1) is 0 Å². The van der Waals surface area contributed by atoms with E-state index in [1.54, 1.807) is 0 Å². The molecule has 0 amide bonds. The largest absolute Gasteiger partial charge is 0.441 e. The van der Waals surface area contributed by atoms with Crippen LogP contribution in [0.5, 0.6) is 0 Å². The normalized spacial score (nSPS) is 22.6. The zero-order valence-electron chi connectivity index (χ0n) is 12.9. The molecule has 4 nitrogen and oxygen atoms in total. The highest BCUT2D eigenvalue weighted by Crippen LogP contribution is 2.24. The number of benzene rings is 1. The zero-order valence-corrected chi connectivity index (χ0v) is 12.9. The molecule has 1 aromatic heterocycles. The van der Waals surface area contributed by atoms with Gasteiger partial charge in [0.2, 0.25) is 0 Å². The smallest absolute Gasteiger partial charge is 0.195 e. The lowest BCUT2D eigenvalue weighted by Gasteiger charge is -2.30. The van der Waals surface area contributed by atoms with Crippen LogP contribution >= 0.6 is 0 Å². The van der Waals surface area contributed by atoms with E-state index in [2.05, 4.69) is 36.3 Å².